The van der Waals surface area contributed by atoms with Crippen molar-refractivity contribution in [1.29, 1.82) is 0 Å². The zero-order valence-corrected chi connectivity index (χ0v) is 12.8. The molecular weight excluding hydrogens is 288 g/mol. The van der Waals surface area contributed by atoms with Crippen molar-refractivity contribution in [2.75, 3.05) is 19.7 Å². The van der Waals surface area contributed by atoms with E-state index in [1.807, 2.05) is 5.38 Å². The molecule has 2 amide bonds. The van der Waals surface area contributed by atoms with Crippen molar-refractivity contribution in [3.05, 3.63) is 22.4 Å². The Hall–Kier alpha value is -1.40. The van der Waals surface area contributed by atoms with E-state index in [0.717, 1.165) is 19.3 Å². The lowest BCUT2D eigenvalue weighted by atomic mass is 9.97. The van der Waals surface area contributed by atoms with E-state index >= 15 is 0 Å². The summed E-state index contributed by atoms with van der Waals surface area (Å²) in [6.07, 6.45) is 3.53. The normalized spacial score (nSPS) is 21.2. The highest BCUT2D eigenvalue weighted by atomic mass is 32.1. The van der Waals surface area contributed by atoms with E-state index in [2.05, 4.69) is 10.6 Å². The maximum Gasteiger partial charge on any atom is 0.252 e. The summed E-state index contributed by atoms with van der Waals surface area (Å²) in [7, 11) is 0. The molecule has 1 heterocycles. The highest BCUT2D eigenvalue weighted by molar-refractivity contribution is 7.08. The van der Waals surface area contributed by atoms with Crippen molar-refractivity contribution in [3.63, 3.8) is 0 Å². The van der Waals surface area contributed by atoms with Gasteiger partial charge in [0.25, 0.3) is 5.91 Å². The van der Waals surface area contributed by atoms with Crippen molar-refractivity contribution in [2.45, 2.75) is 25.7 Å². The summed E-state index contributed by atoms with van der Waals surface area (Å²) in [6.45, 7) is 1.17. The predicted molar refractivity (Wildman–Crippen MR) is 82.2 cm³/mol. The van der Waals surface area contributed by atoms with Gasteiger partial charge in [-0.25, -0.2) is 0 Å². The van der Waals surface area contributed by atoms with Crippen LogP contribution in [0.3, 0.4) is 0 Å². The highest BCUT2D eigenvalue weighted by Gasteiger charge is 2.26. The summed E-state index contributed by atoms with van der Waals surface area (Å²) in [5.74, 6) is 0.521. The largest absolute Gasteiger partial charge is 0.396 e. The van der Waals surface area contributed by atoms with Gasteiger partial charge in [-0.3, -0.25) is 9.59 Å². The fourth-order valence-corrected chi connectivity index (χ4v) is 3.38. The predicted octanol–water partition coefficient (Wildman–Crippen LogP) is 1.39. The van der Waals surface area contributed by atoms with Crippen LogP contribution in [0.4, 0.5) is 0 Å². The third-order valence-corrected chi connectivity index (χ3v) is 4.72. The molecule has 0 saturated heterocycles. The van der Waals surface area contributed by atoms with Gasteiger partial charge in [-0.05, 0) is 36.1 Å². The molecule has 2 unspecified atom stereocenters. The summed E-state index contributed by atoms with van der Waals surface area (Å²) in [4.78, 5) is 23.4. The summed E-state index contributed by atoms with van der Waals surface area (Å²) >= 11 is 1.47. The van der Waals surface area contributed by atoms with E-state index in [0.29, 0.717) is 30.5 Å². The molecule has 0 aromatic carbocycles. The molecule has 1 saturated carbocycles. The number of carbonyl (C=O) groups is 2. The average Bonchev–Trinajstić information content (AvgIpc) is 3.15. The van der Waals surface area contributed by atoms with Crippen molar-refractivity contribution >= 4 is 23.2 Å². The molecule has 0 radical (unpaired) electrons. The molecule has 1 aliphatic rings. The maximum absolute atomic E-state index is 11.7. The molecule has 3 N–H and O–H groups in total. The lowest BCUT2D eigenvalue weighted by Gasteiger charge is -2.17. The maximum atomic E-state index is 11.7. The van der Waals surface area contributed by atoms with Gasteiger partial charge >= 0.3 is 0 Å². The summed E-state index contributed by atoms with van der Waals surface area (Å²) in [5.41, 5.74) is 0.636. The molecule has 1 aliphatic carbocycles. The van der Waals surface area contributed by atoms with Gasteiger partial charge in [-0.1, -0.05) is 6.42 Å². The van der Waals surface area contributed by atoms with E-state index in [4.69, 9.17) is 0 Å². The first kappa shape index (κ1) is 16.0. The Labute approximate surface area is 128 Å². The molecule has 2 rings (SSSR count). The third kappa shape index (κ3) is 4.82. The first-order valence-corrected chi connectivity index (χ1v) is 8.33. The lowest BCUT2D eigenvalue weighted by Crippen LogP contribution is -2.34. The van der Waals surface area contributed by atoms with Crippen LogP contribution < -0.4 is 10.6 Å². The van der Waals surface area contributed by atoms with Crippen LogP contribution in [0, 0.1) is 11.8 Å². The number of aliphatic hydroxyl groups is 1. The van der Waals surface area contributed by atoms with Crippen molar-refractivity contribution in [1.82, 2.24) is 10.6 Å². The van der Waals surface area contributed by atoms with Gasteiger partial charge in [0.15, 0.2) is 0 Å². The topological polar surface area (TPSA) is 78.4 Å². The minimum Gasteiger partial charge on any atom is -0.396 e. The first-order chi connectivity index (χ1) is 10.2. The monoisotopic (exact) mass is 310 g/mol. The van der Waals surface area contributed by atoms with Gasteiger partial charge in [-0.15, -0.1) is 0 Å². The third-order valence-electron chi connectivity index (χ3n) is 4.03. The number of aliphatic hydroxyl groups excluding tert-OH is 1. The molecule has 1 aromatic heterocycles. The second-order valence-corrected chi connectivity index (χ2v) is 6.24. The van der Waals surface area contributed by atoms with Crippen LogP contribution in [0.2, 0.25) is 0 Å². The van der Waals surface area contributed by atoms with Crippen LogP contribution in [0.1, 0.15) is 36.0 Å². The first-order valence-electron chi connectivity index (χ1n) is 7.38. The van der Waals surface area contributed by atoms with E-state index in [1.54, 1.807) is 11.4 Å². The second kappa shape index (κ2) is 8.14. The summed E-state index contributed by atoms with van der Waals surface area (Å²) in [6, 6.07) is 1.76. The zero-order valence-electron chi connectivity index (χ0n) is 12.0. The summed E-state index contributed by atoms with van der Waals surface area (Å²) in [5, 5.41) is 18.5. The Morgan fingerprint density at radius 3 is 2.81 bits per heavy atom. The van der Waals surface area contributed by atoms with Crippen LogP contribution in [-0.2, 0) is 4.79 Å². The fraction of sp³-hybridized carbons (Fsp3) is 0.600. The molecule has 1 fully saturated rings. The van der Waals surface area contributed by atoms with Gasteiger partial charge in [-0.2, -0.15) is 11.3 Å². The van der Waals surface area contributed by atoms with Gasteiger partial charge in [0, 0.05) is 37.1 Å². The zero-order chi connectivity index (χ0) is 15.1. The van der Waals surface area contributed by atoms with Gasteiger partial charge in [0.1, 0.15) is 0 Å². The second-order valence-electron chi connectivity index (χ2n) is 5.46. The van der Waals surface area contributed by atoms with E-state index < -0.39 is 0 Å². The van der Waals surface area contributed by atoms with E-state index in [-0.39, 0.29) is 24.8 Å². The quantitative estimate of drug-likeness (QED) is 0.712. The minimum absolute atomic E-state index is 0.0517. The molecule has 0 aliphatic heterocycles. The number of hydrogen-bond acceptors (Lipinski definition) is 4. The van der Waals surface area contributed by atoms with Crippen molar-refractivity contribution in [3.8, 4) is 0 Å². The smallest absolute Gasteiger partial charge is 0.252 e. The van der Waals surface area contributed by atoms with Crippen LogP contribution in [0.5, 0.6) is 0 Å². The number of amides is 2. The molecule has 0 spiro atoms. The molecule has 21 heavy (non-hydrogen) atoms. The number of nitrogens with one attached hydrogen (secondary N) is 2. The fourth-order valence-electron chi connectivity index (χ4n) is 2.74. The van der Waals surface area contributed by atoms with E-state index in [9.17, 15) is 14.7 Å². The van der Waals surface area contributed by atoms with E-state index in [1.165, 1.54) is 11.3 Å². The number of hydrogen-bond donors (Lipinski definition) is 3. The van der Waals surface area contributed by atoms with Gasteiger partial charge in [0.2, 0.25) is 5.91 Å². The van der Waals surface area contributed by atoms with Crippen LogP contribution in [0.25, 0.3) is 0 Å². The van der Waals surface area contributed by atoms with Crippen LogP contribution in [0.15, 0.2) is 16.8 Å². The molecule has 116 valence electrons. The Kier molecular flexibility index (Phi) is 6.20. The Morgan fingerprint density at radius 1 is 1.29 bits per heavy atom. The molecule has 0 bridgehead atoms. The SMILES string of the molecule is O=C(CCNC(=O)c1ccsc1)NCC1CCCC1CO. The lowest BCUT2D eigenvalue weighted by molar-refractivity contribution is -0.121. The number of thiophene rings is 1. The molecule has 1 aromatic rings. The van der Waals surface area contributed by atoms with Gasteiger partial charge < -0.3 is 15.7 Å². The minimum atomic E-state index is -0.139. The van der Waals surface area contributed by atoms with Crippen LogP contribution in [-0.4, -0.2) is 36.6 Å². The Bertz CT molecular complexity index is 461. The summed E-state index contributed by atoms with van der Waals surface area (Å²) < 4.78 is 0. The Balaban J connectivity index is 1.60. The molecule has 6 heteroatoms. The molecule has 2 atom stereocenters. The average molecular weight is 310 g/mol. The van der Waals surface area contributed by atoms with Crippen molar-refractivity contribution < 1.29 is 14.7 Å². The number of carbonyl (C=O) groups excluding carboxylic acids is 2. The molecular formula is C15H22N2O3S. The molecule has 5 nitrogen and oxygen atoms in total. The van der Waals surface area contributed by atoms with Gasteiger partial charge in [0.05, 0.1) is 0 Å². The standard InChI is InChI=1S/C15H22N2O3S/c18-9-12-3-1-2-11(12)8-17-14(19)4-6-16-15(20)13-5-7-21-10-13/h5,7,10-12,18H,1-4,6,8-9H2,(H,16,20)(H,17,19). The number of rotatable bonds is 7. The highest BCUT2D eigenvalue weighted by Crippen LogP contribution is 2.30. The Morgan fingerprint density at radius 2 is 2.10 bits per heavy atom. The van der Waals surface area contributed by atoms with Crippen molar-refractivity contribution in [2.24, 2.45) is 11.8 Å². The van der Waals surface area contributed by atoms with Crippen LogP contribution >= 0.6 is 11.3 Å².